The zero-order valence-electron chi connectivity index (χ0n) is 20.0. The zero-order valence-corrected chi connectivity index (χ0v) is 20.0. The third-order valence-corrected chi connectivity index (χ3v) is 6.17. The summed E-state index contributed by atoms with van der Waals surface area (Å²) in [7, 11) is 0. The lowest BCUT2D eigenvalue weighted by atomic mass is 9.99. The number of carbonyl (C=O) groups excluding carboxylic acids is 1. The summed E-state index contributed by atoms with van der Waals surface area (Å²) in [5.41, 5.74) is 8.87. The fraction of sp³-hybridized carbons (Fsp3) is 0.333. The van der Waals surface area contributed by atoms with Crippen molar-refractivity contribution < 1.29 is 9.53 Å². The molecule has 3 nitrogen and oxygen atoms in total. The summed E-state index contributed by atoms with van der Waals surface area (Å²) in [6.07, 6.45) is 7.01. The monoisotopic (exact) mass is 439 g/mol. The molecule has 3 aromatic rings. The predicted octanol–water partition coefficient (Wildman–Crippen LogP) is 7.97. The maximum Gasteiger partial charge on any atom is 0.338 e. The van der Waals surface area contributed by atoms with Crippen LogP contribution in [0.4, 0.5) is 5.69 Å². The summed E-state index contributed by atoms with van der Waals surface area (Å²) < 4.78 is 5.68. The molecule has 33 heavy (non-hydrogen) atoms. The molecule has 0 aromatic heterocycles. The lowest BCUT2D eigenvalue weighted by Gasteiger charge is -2.10. The molecule has 1 aliphatic rings. The maximum atomic E-state index is 13.0. The molecule has 4 rings (SSSR count). The van der Waals surface area contributed by atoms with Crippen molar-refractivity contribution in [1.29, 1.82) is 0 Å². The summed E-state index contributed by atoms with van der Waals surface area (Å²) in [5.74, 6) is -0.247. The number of aliphatic imine (C=N–C) groups is 1. The molecule has 0 N–H and O–H groups in total. The Balaban J connectivity index is 1.61. The Hall–Kier alpha value is -3.20. The number of hydrogen-bond donors (Lipinski definition) is 0. The molecular formula is C30H33NO2. The molecule has 0 spiro atoms. The van der Waals surface area contributed by atoms with Gasteiger partial charge in [-0.3, -0.25) is 0 Å². The van der Waals surface area contributed by atoms with Crippen LogP contribution in [0.3, 0.4) is 0 Å². The topological polar surface area (TPSA) is 38.7 Å². The van der Waals surface area contributed by atoms with Crippen LogP contribution in [0.2, 0.25) is 0 Å². The van der Waals surface area contributed by atoms with E-state index >= 15 is 0 Å². The number of fused-ring (bicyclic) bond motifs is 3. The molecule has 0 heterocycles. The Morgan fingerprint density at radius 2 is 1.45 bits per heavy atom. The molecule has 0 aliphatic heterocycles. The third-order valence-electron chi connectivity index (χ3n) is 6.17. The molecule has 0 radical (unpaired) electrons. The Kier molecular flexibility index (Phi) is 7.39. The van der Waals surface area contributed by atoms with E-state index in [1.54, 1.807) is 0 Å². The summed E-state index contributed by atoms with van der Waals surface area (Å²) in [6, 6.07) is 20.4. The van der Waals surface area contributed by atoms with Crippen LogP contribution in [0.15, 0.2) is 65.7 Å². The molecule has 0 atom stereocenters. The first kappa shape index (κ1) is 23.0. The number of benzene rings is 3. The Morgan fingerprint density at radius 3 is 2.21 bits per heavy atom. The summed E-state index contributed by atoms with van der Waals surface area (Å²) in [5, 5.41) is 0. The molecule has 3 aromatic carbocycles. The normalized spacial score (nSPS) is 13.1. The quantitative estimate of drug-likeness (QED) is 0.196. The van der Waals surface area contributed by atoms with Gasteiger partial charge in [0.05, 0.1) is 23.6 Å². The van der Waals surface area contributed by atoms with E-state index in [2.05, 4.69) is 57.2 Å². The van der Waals surface area contributed by atoms with Gasteiger partial charge >= 0.3 is 5.97 Å². The van der Waals surface area contributed by atoms with Gasteiger partial charge in [-0.1, -0.05) is 81.5 Å². The van der Waals surface area contributed by atoms with Crippen molar-refractivity contribution in [3.8, 4) is 11.1 Å². The van der Waals surface area contributed by atoms with Crippen LogP contribution in [0.5, 0.6) is 0 Å². The average Bonchev–Trinajstić information content (AvgIpc) is 3.11. The summed E-state index contributed by atoms with van der Waals surface area (Å²) >= 11 is 0. The first-order valence-corrected chi connectivity index (χ1v) is 12.2. The van der Waals surface area contributed by atoms with Crippen molar-refractivity contribution in [2.75, 3.05) is 6.61 Å². The predicted molar refractivity (Wildman–Crippen MR) is 137 cm³/mol. The van der Waals surface area contributed by atoms with Gasteiger partial charge in [-0.05, 0) is 55.2 Å². The van der Waals surface area contributed by atoms with E-state index in [0.29, 0.717) is 12.2 Å². The van der Waals surface area contributed by atoms with Gasteiger partial charge in [0.2, 0.25) is 0 Å². The van der Waals surface area contributed by atoms with E-state index in [-0.39, 0.29) is 5.97 Å². The van der Waals surface area contributed by atoms with Crippen LogP contribution >= 0.6 is 0 Å². The number of esters is 1. The van der Waals surface area contributed by atoms with Gasteiger partial charge < -0.3 is 4.74 Å². The van der Waals surface area contributed by atoms with Gasteiger partial charge in [-0.15, -0.1) is 0 Å². The highest BCUT2D eigenvalue weighted by Gasteiger charge is 2.29. The minimum atomic E-state index is -0.247. The van der Waals surface area contributed by atoms with Crippen LogP contribution in [-0.4, -0.2) is 18.3 Å². The summed E-state index contributed by atoms with van der Waals surface area (Å²) in [6.45, 7) is 6.87. The fourth-order valence-corrected chi connectivity index (χ4v) is 4.65. The minimum absolute atomic E-state index is 0.247. The smallest absolute Gasteiger partial charge is 0.338 e. The second kappa shape index (κ2) is 10.6. The van der Waals surface area contributed by atoms with Gasteiger partial charge in [0.25, 0.3) is 0 Å². The molecule has 170 valence electrons. The molecule has 3 heteroatoms. The van der Waals surface area contributed by atoms with E-state index in [0.717, 1.165) is 46.5 Å². The van der Waals surface area contributed by atoms with E-state index in [1.165, 1.54) is 36.8 Å². The van der Waals surface area contributed by atoms with E-state index in [1.807, 2.05) is 24.3 Å². The molecule has 1 aliphatic carbocycles. The maximum absolute atomic E-state index is 13.0. The molecule has 0 saturated carbocycles. The van der Waals surface area contributed by atoms with Crippen LogP contribution in [-0.2, 0) is 4.74 Å². The lowest BCUT2D eigenvalue weighted by Crippen LogP contribution is -2.08. The van der Waals surface area contributed by atoms with Crippen LogP contribution in [0.1, 0.15) is 78.1 Å². The van der Waals surface area contributed by atoms with Crippen LogP contribution in [0.25, 0.3) is 11.1 Å². The largest absolute Gasteiger partial charge is 0.462 e. The molecule has 0 bridgehead atoms. The highest BCUT2D eigenvalue weighted by Crippen LogP contribution is 2.40. The number of unbranched alkanes of at least 4 members (excludes halogenated alkanes) is 5. The van der Waals surface area contributed by atoms with E-state index < -0.39 is 0 Å². The first-order valence-electron chi connectivity index (χ1n) is 12.2. The lowest BCUT2D eigenvalue weighted by molar-refractivity contribution is 0.0498. The Bertz CT molecular complexity index is 1160. The van der Waals surface area contributed by atoms with Gasteiger partial charge in [0.1, 0.15) is 0 Å². The number of ether oxygens (including phenoxy) is 1. The average molecular weight is 440 g/mol. The fourth-order valence-electron chi connectivity index (χ4n) is 4.65. The SMILES string of the molecule is CCCCCCCCOC(=O)c1cccc2c1-c1ccccc1C2=Nc1cc(C)cc(C)c1. The van der Waals surface area contributed by atoms with Crippen molar-refractivity contribution in [2.45, 2.75) is 59.3 Å². The number of nitrogens with zero attached hydrogens (tertiary/aromatic N) is 1. The van der Waals surface area contributed by atoms with E-state index in [4.69, 9.17) is 9.73 Å². The summed E-state index contributed by atoms with van der Waals surface area (Å²) in [4.78, 5) is 18.1. The zero-order chi connectivity index (χ0) is 23.2. The minimum Gasteiger partial charge on any atom is -0.462 e. The number of hydrogen-bond acceptors (Lipinski definition) is 3. The first-order chi connectivity index (χ1) is 16.1. The van der Waals surface area contributed by atoms with Gasteiger partial charge in [0.15, 0.2) is 0 Å². The highest BCUT2D eigenvalue weighted by molar-refractivity contribution is 6.27. The molecule has 0 unspecified atom stereocenters. The van der Waals surface area contributed by atoms with Gasteiger partial charge in [0, 0.05) is 16.7 Å². The molecule has 0 saturated heterocycles. The highest BCUT2D eigenvalue weighted by atomic mass is 16.5. The Morgan fingerprint density at radius 1 is 0.788 bits per heavy atom. The van der Waals surface area contributed by atoms with Crippen molar-refractivity contribution in [3.05, 3.63) is 88.5 Å². The second-order valence-electron chi connectivity index (χ2n) is 8.98. The second-order valence-corrected chi connectivity index (χ2v) is 8.98. The van der Waals surface area contributed by atoms with E-state index in [9.17, 15) is 4.79 Å². The van der Waals surface area contributed by atoms with Crippen molar-refractivity contribution in [3.63, 3.8) is 0 Å². The third kappa shape index (κ3) is 5.24. The number of rotatable bonds is 9. The molecule has 0 amide bonds. The van der Waals surface area contributed by atoms with Crippen molar-refractivity contribution >= 4 is 17.4 Å². The number of carbonyl (C=O) groups is 1. The van der Waals surface area contributed by atoms with Crippen LogP contribution < -0.4 is 0 Å². The van der Waals surface area contributed by atoms with Crippen molar-refractivity contribution in [2.24, 2.45) is 4.99 Å². The molecule has 0 fully saturated rings. The standard InChI is InChI=1S/C30H33NO2/c1-4-5-6-7-8-11-17-33-30(32)27-16-12-15-26-28(27)24-13-9-10-14-25(24)29(26)31-23-19-21(2)18-22(3)20-23/h9-10,12-16,18-20H,4-8,11,17H2,1-3H3. The van der Waals surface area contributed by atoms with Crippen molar-refractivity contribution in [1.82, 2.24) is 0 Å². The number of aryl methyl sites for hydroxylation is 2. The Labute approximate surface area is 197 Å². The van der Waals surface area contributed by atoms with Gasteiger partial charge in [-0.25, -0.2) is 9.79 Å². The van der Waals surface area contributed by atoms with Crippen LogP contribution in [0, 0.1) is 13.8 Å². The molecular weight excluding hydrogens is 406 g/mol. The van der Waals surface area contributed by atoms with Gasteiger partial charge in [-0.2, -0.15) is 0 Å².